The van der Waals surface area contributed by atoms with E-state index in [1.54, 1.807) is 36.4 Å². The van der Waals surface area contributed by atoms with Gasteiger partial charge in [-0.3, -0.25) is 9.59 Å². The van der Waals surface area contributed by atoms with Gasteiger partial charge in [0.2, 0.25) is 11.6 Å². The number of ether oxygens (including phenoxy) is 1. The quantitative estimate of drug-likeness (QED) is 0.343. The van der Waals surface area contributed by atoms with Gasteiger partial charge in [0.25, 0.3) is 0 Å². The third-order valence-corrected chi connectivity index (χ3v) is 7.30. The molecule has 0 atom stereocenters. The molecule has 1 aliphatic heterocycles. The molecule has 1 saturated heterocycles. The SMILES string of the molecule is O=C1c2ccccc2C(=O)c2c1nnn2Cc1ccc(-c2ccc(F)c3ccc(N4CCOCC4)nc23)cc1. The summed E-state index contributed by atoms with van der Waals surface area (Å²) in [6.45, 7) is 3.03. The van der Waals surface area contributed by atoms with Crippen LogP contribution in [0.15, 0.2) is 72.8 Å². The number of carbonyl (C=O) groups is 2. The molecule has 0 bridgehead atoms. The second-order valence-corrected chi connectivity index (χ2v) is 9.61. The van der Waals surface area contributed by atoms with Crippen LogP contribution in [-0.4, -0.2) is 57.8 Å². The highest BCUT2D eigenvalue weighted by Crippen LogP contribution is 2.32. The summed E-state index contributed by atoms with van der Waals surface area (Å²) in [5.74, 6) is -0.0789. The number of morpholine rings is 1. The van der Waals surface area contributed by atoms with Crippen LogP contribution in [0.2, 0.25) is 0 Å². The van der Waals surface area contributed by atoms with Gasteiger partial charge in [0.15, 0.2) is 5.69 Å². The van der Waals surface area contributed by atoms with E-state index in [0.29, 0.717) is 35.2 Å². The highest BCUT2D eigenvalue weighted by molar-refractivity contribution is 6.26. The van der Waals surface area contributed by atoms with Gasteiger partial charge < -0.3 is 9.64 Å². The normalized spacial score (nSPS) is 14.9. The molecule has 0 unspecified atom stereocenters. The Kier molecular flexibility index (Phi) is 5.52. The topological polar surface area (TPSA) is 90.2 Å². The summed E-state index contributed by atoms with van der Waals surface area (Å²) in [7, 11) is 0. The summed E-state index contributed by atoms with van der Waals surface area (Å²) in [6, 6.07) is 21.3. The van der Waals surface area contributed by atoms with Gasteiger partial charge in [-0.15, -0.1) is 5.10 Å². The second-order valence-electron chi connectivity index (χ2n) is 9.61. The van der Waals surface area contributed by atoms with E-state index in [1.165, 1.54) is 10.7 Å². The fourth-order valence-corrected chi connectivity index (χ4v) is 5.27. The summed E-state index contributed by atoms with van der Waals surface area (Å²) >= 11 is 0. The van der Waals surface area contributed by atoms with E-state index < -0.39 is 0 Å². The number of pyridine rings is 1. The van der Waals surface area contributed by atoms with Gasteiger partial charge in [0.05, 0.1) is 25.3 Å². The van der Waals surface area contributed by atoms with E-state index in [1.807, 2.05) is 30.3 Å². The molecule has 0 amide bonds. The predicted molar refractivity (Wildman–Crippen MR) is 143 cm³/mol. The van der Waals surface area contributed by atoms with Gasteiger partial charge in [0, 0.05) is 35.2 Å². The van der Waals surface area contributed by atoms with E-state index in [9.17, 15) is 14.0 Å². The number of nitrogens with zero attached hydrogens (tertiary/aromatic N) is 5. The van der Waals surface area contributed by atoms with Gasteiger partial charge in [0.1, 0.15) is 17.3 Å². The average molecular weight is 520 g/mol. The van der Waals surface area contributed by atoms with Crippen LogP contribution >= 0.6 is 0 Å². The van der Waals surface area contributed by atoms with Crippen molar-refractivity contribution in [3.05, 3.63) is 107 Å². The van der Waals surface area contributed by atoms with Crippen molar-refractivity contribution in [3.63, 3.8) is 0 Å². The molecule has 1 aliphatic carbocycles. The van der Waals surface area contributed by atoms with E-state index in [0.717, 1.165) is 35.6 Å². The molecule has 9 heteroatoms. The van der Waals surface area contributed by atoms with Crippen LogP contribution in [0.4, 0.5) is 10.2 Å². The summed E-state index contributed by atoms with van der Waals surface area (Å²) in [4.78, 5) is 33.0. The first kappa shape index (κ1) is 23.4. The highest BCUT2D eigenvalue weighted by Gasteiger charge is 2.34. The molecular weight excluding hydrogens is 497 g/mol. The minimum absolute atomic E-state index is 0.0789. The lowest BCUT2D eigenvalue weighted by atomic mass is 9.90. The Morgan fingerprint density at radius 1 is 0.821 bits per heavy atom. The van der Waals surface area contributed by atoms with Crippen LogP contribution < -0.4 is 4.90 Å². The fourth-order valence-electron chi connectivity index (χ4n) is 5.27. The van der Waals surface area contributed by atoms with Crippen molar-refractivity contribution in [2.45, 2.75) is 6.54 Å². The molecule has 3 heterocycles. The van der Waals surface area contributed by atoms with Crippen LogP contribution in [0.1, 0.15) is 37.7 Å². The molecule has 39 heavy (non-hydrogen) atoms. The molecule has 0 spiro atoms. The van der Waals surface area contributed by atoms with Gasteiger partial charge in [-0.2, -0.15) is 0 Å². The number of benzene rings is 3. The smallest absolute Gasteiger partial charge is 0.216 e. The first-order valence-electron chi connectivity index (χ1n) is 12.7. The molecule has 1 fully saturated rings. The maximum absolute atomic E-state index is 14.7. The standard InChI is InChI=1S/C30H22FN5O3/c31-24-11-9-20(26-23(24)10-12-25(32-26)35-13-15-39-16-14-35)19-7-5-18(6-8-19)17-36-28-27(33-34-36)29(37)21-3-1-2-4-22(21)30(28)38/h1-12H,13-17H2. The average Bonchev–Trinajstić information content (AvgIpc) is 3.41. The van der Waals surface area contributed by atoms with Crippen LogP contribution in [0.3, 0.4) is 0 Å². The Hall–Kier alpha value is -4.76. The Morgan fingerprint density at radius 3 is 2.33 bits per heavy atom. The Morgan fingerprint density at radius 2 is 1.56 bits per heavy atom. The van der Waals surface area contributed by atoms with Crippen molar-refractivity contribution in [1.29, 1.82) is 0 Å². The molecule has 0 N–H and O–H groups in total. The largest absolute Gasteiger partial charge is 0.378 e. The maximum Gasteiger partial charge on any atom is 0.216 e. The van der Waals surface area contributed by atoms with Gasteiger partial charge in [-0.05, 0) is 35.4 Å². The molecule has 2 aromatic heterocycles. The molecule has 7 rings (SSSR count). The monoisotopic (exact) mass is 519 g/mol. The number of anilines is 1. The van der Waals surface area contributed by atoms with E-state index in [4.69, 9.17) is 9.72 Å². The first-order valence-corrected chi connectivity index (χ1v) is 12.7. The molecule has 3 aromatic carbocycles. The zero-order chi connectivity index (χ0) is 26.5. The maximum atomic E-state index is 14.7. The predicted octanol–water partition coefficient (Wildman–Crippen LogP) is 4.29. The third kappa shape index (κ3) is 3.90. The number of ketones is 2. The number of carbonyl (C=O) groups excluding carboxylic acids is 2. The zero-order valence-electron chi connectivity index (χ0n) is 20.8. The number of fused-ring (bicyclic) bond motifs is 3. The van der Waals surface area contributed by atoms with Gasteiger partial charge >= 0.3 is 0 Å². The zero-order valence-corrected chi connectivity index (χ0v) is 20.8. The van der Waals surface area contributed by atoms with Crippen LogP contribution in [0.25, 0.3) is 22.0 Å². The molecule has 5 aromatic rings. The van der Waals surface area contributed by atoms with Crippen LogP contribution in [0, 0.1) is 5.82 Å². The lowest BCUT2D eigenvalue weighted by molar-refractivity contribution is 0.0971. The minimum Gasteiger partial charge on any atom is -0.378 e. The van der Waals surface area contributed by atoms with E-state index in [2.05, 4.69) is 15.2 Å². The number of aromatic nitrogens is 4. The number of hydrogen-bond donors (Lipinski definition) is 0. The first-order chi connectivity index (χ1) is 19.1. The van der Waals surface area contributed by atoms with Crippen LogP contribution in [0.5, 0.6) is 0 Å². The van der Waals surface area contributed by atoms with Gasteiger partial charge in [-0.25, -0.2) is 14.1 Å². The lowest BCUT2D eigenvalue weighted by Crippen LogP contribution is -2.36. The lowest BCUT2D eigenvalue weighted by Gasteiger charge is -2.28. The summed E-state index contributed by atoms with van der Waals surface area (Å²) in [5, 5.41) is 8.61. The van der Waals surface area contributed by atoms with Crippen molar-refractivity contribution >= 4 is 28.3 Å². The fraction of sp³-hybridized carbons (Fsp3) is 0.167. The Balaban J connectivity index is 1.20. The van der Waals surface area contributed by atoms with Crippen molar-refractivity contribution in [1.82, 2.24) is 20.0 Å². The Labute approximate surface area is 222 Å². The summed E-state index contributed by atoms with van der Waals surface area (Å²) in [5.41, 5.74) is 4.17. The summed E-state index contributed by atoms with van der Waals surface area (Å²) < 4.78 is 21.6. The van der Waals surface area contributed by atoms with Crippen molar-refractivity contribution in [3.8, 4) is 11.1 Å². The highest BCUT2D eigenvalue weighted by atomic mass is 19.1. The molecule has 2 aliphatic rings. The third-order valence-electron chi connectivity index (χ3n) is 7.30. The Bertz CT molecular complexity index is 1770. The number of halogens is 1. The summed E-state index contributed by atoms with van der Waals surface area (Å²) in [6.07, 6.45) is 0. The molecular formula is C30H22FN5O3. The molecule has 0 radical (unpaired) electrons. The molecule has 0 saturated carbocycles. The van der Waals surface area contributed by atoms with Crippen molar-refractivity contribution in [2.75, 3.05) is 31.2 Å². The van der Waals surface area contributed by atoms with E-state index in [-0.39, 0.29) is 35.3 Å². The second kappa shape index (κ2) is 9.21. The van der Waals surface area contributed by atoms with Crippen LogP contribution in [-0.2, 0) is 11.3 Å². The van der Waals surface area contributed by atoms with Crippen molar-refractivity contribution in [2.24, 2.45) is 0 Å². The molecule has 8 nitrogen and oxygen atoms in total. The molecule has 192 valence electrons. The minimum atomic E-state index is -0.317. The number of hydrogen-bond acceptors (Lipinski definition) is 7. The number of rotatable bonds is 4. The van der Waals surface area contributed by atoms with Crippen molar-refractivity contribution < 1.29 is 18.7 Å². The van der Waals surface area contributed by atoms with E-state index >= 15 is 0 Å². The van der Waals surface area contributed by atoms with Gasteiger partial charge in [-0.1, -0.05) is 53.7 Å².